The fourth-order valence-corrected chi connectivity index (χ4v) is 3.43. The van der Waals surface area contributed by atoms with Crippen molar-refractivity contribution in [3.63, 3.8) is 0 Å². The van der Waals surface area contributed by atoms with Crippen molar-refractivity contribution in [1.82, 2.24) is 0 Å². The summed E-state index contributed by atoms with van der Waals surface area (Å²) in [6.07, 6.45) is 1.77. The van der Waals surface area contributed by atoms with Crippen LogP contribution in [0.2, 0.25) is 0 Å². The molecule has 1 heterocycles. The molecule has 2 aromatic rings. The second-order valence-electron chi connectivity index (χ2n) is 6.20. The van der Waals surface area contributed by atoms with Crippen LogP contribution >= 0.6 is 15.9 Å². The zero-order chi connectivity index (χ0) is 15.0. The minimum absolute atomic E-state index is 0.111. The van der Waals surface area contributed by atoms with Crippen LogP contribution in [0, 0.1) is 5.82 Å². The molecule has 0 saturated heterocycles. The average Bonchev–Trinajstić information content (AvgIpc) is 2.74. The fraction of sp³-hybridized carbons (Fsp3) is 0.333. The molecule has 0 N–H and O–H groups in total. The van der Waals surface area contributed by atoms with Gasteiger partial charge in [-0.3, -0.25) is 0 Å². The quantitative estimate of drug-likeness (QED) is 0.691. The van der Waals surface area contributed by atoms with E-state index in [-0.39, 0.29) is 16.2 Å². The highest BCUT2D eigenvalue weighted by atomic mass is 79.9. The first-order valence-electron chi connectivity index (χ1n) is 7.13. The molecule has 0 radical (unpaired) electrons. The van der Waals surface area contributed by atoms with Gasteiger partial charge in [0.25, 0.3) is 0 Å². The van der Waals surface area contributed by atoms with Crippen LogP contribution in [0.15, 0.2) is 42.5 Å². The van der Waals surface area contributed by atoms with E-state index in [0.717, 1.165) is 24.2 Å². The Balaban J connectivity index is 1.77. The lowest BCUT2D eigenvalue weighted by atomic mass is 9.98. The molecular weight excluding hydrogens is 331 g/mol. The maximum absolute atomic E-state index is 12.9. The van der Waals surface area contributed by atoms with Crippen molar-refractivity contribution in [3.8, 4) is 5.75 Å². The van der Waals surface area contributed by atoms with E-state index < -0.39 is 0 Å². The number of ether oxygens (including phenoxy) is 1. The van der Waals surface area contributed by atoms with Gasteiger partial charge in [-0.05, 0) is 55.2 Å². The lowest BCUT2D eigenvalue weighted by Gasteiger charge is -2.16. The van der Waals surface area contributed by atoms with Crippen LogP contribution in [0.1, 0.15) is 35.4 Å². The maximum atomic E-state index is 12.9. The summed E-state index contributed by atoms with van der Waals surface area (Å²) in [5, 5.41) is 0. The van der Waals surface area contributed by atoms with Gasteiger partial charge in [-0.25, -0.2) is 4.39 Å². The summed E-state index contributed by atoms with van der Waals surface area (Å²) < 4.78 is 18.8. The number of hydrogen-bond acceptors (Lipinski definition) is 1. The first-order valence-corrected chi connectivity index (χ1v) is 8.05. The molecule has 1 unspecified atom stereocenters. The van der Waals surface area contributed by atoms with Crippen molar-refractivity contribution in [2.75, 3.05) is 0 Å². The second-order valence-corrected chi connectivity index (χ2v) is 7.31. The molecule has 0 aromatic heterocycles. The van der Waals surface area contributed by atoms with Gasteiger partial charge in [0.15, 0.2) is 0 Å². The summed E-state index contributed by atoms with van der Waals surface area (Å²) in [7, 11) is 0. The van der Waals surface area contributed by atoms with Crippen LogP contribution in [0.4, 0.5) is 4.39 Å². The van der Waals surface area contributed by atoms with Gasteiger partial charge in [-0.2, -0.15) is 0 Å². The highest BCUT2D eigenvalue weighted by molar-refractivity contribution is 9.09. The predicted molar refractivity (Wildman–Crippen MR) is 86.6 cm³/mol. The Morgan fingerprint density at radius 1 is 1.19 bits per heavy atom. The van der Waals surface area contributed by atoms with Gasteiger partial charge in [0, 0.05) is 11.2 Å². The SMILES string of the molecule is CC1(C)Cc2cc(C(Br)Cc3ccc(F)cc3)ccc2O1. The molecule has 110 valence electrons. The Bertz CT molecular complexity index is 649. The fourth-order valence-electron chi connectivity index (χ4n) is 2.77. The maximum Gasteiger partial charge on any atom is 0.123 e. The first-order chi connectivity index (χ1) is 9.93. The van der Waals surface area contributed by atoms with E-state index in [9.17, 15) is 4.39 Å². The Hall–Kier alpha value is -1.35. The minimum atomic E-state index is -0.193. The van der Waals surface area contributed by atoms with Crippen molar-refractivity contribution >= 4 is 15.9 Å². The number of hydrogen-bond donors (Lipinski definition) is 0. The van der Waals surface area contributed by atoms with Gasteiger partial charge >= 0.3 is 0 Å². The number of fused-ring (bicyclic) bond motifs is 1. The Kier molecular flexibility index (Phi) is 3.78. The topological polar surface area (TPSA) is 9.23 Å². The zero-order valence-electron chi connectivity index (χ0n) is 12.2. The van der Waals surface area contributed by atoms with E-state index in [1.54, 1.807) is 0 Å². The molecule has 1 aliphatic heterocycles. The van der Waals surface area contributed by atoms with Crippen LogP contribution < -0.4 is 4.74 Å². The highest BCUT2D eigenvalue weighted by Crippen LogP contribution is 2.38. The minimum Gasteiger partial charge on any atom is -0.487 e. The van der Waals surface area contributed by atoms with Gasteiger partial charge < -0.3 is 4.74 Å². The third kappa shape index (κ3) is 3.29. The van der Waals surface area contributed by atoms with Crippen molar-refractivity contribution < 1.29 is 9.13 Å². The molecule has 3 rings (SSSR count). The van der Waals surface area contributed by atoms with Gasteiger partial charge in [0.2, 0.25) is 0 Å². The molecule has 0 saturated carbocycles. The number of halogens is 2. The number of benzene rings is 2. The largest absolute Gasteiger partial charge is 0.487 e. The van der Waals surface area contributed by atoms with Crippen LogP contribution in [0.25, 0.3) is 0 Å². The molecule has 1 aliphatic rings. The molecule has 0 amide bonds. The van der Waals surface area contributed by atoms with Crippen LogP contribution in [-0.4, -0.2) is 5.60 Å². The van der Waals surface area contributed by atoms with Crippen LogP contribution in [-0.2, 0) is 12.8 Å². The van der Waals surface area contributed by atoms with Crippen molar-refractivity contribution in [2.24, 2.45) is 0 Å². The van der Waals surface area contributed by atoms with E-state index in [4.69, 9.17) is 4.74 Å². The molecule has 0 spiro atoms. The van der Waals surface area contributed by atoms with Crippen molar-refractivity contribution in [2.45, 2.75) is 37.1 Å². The van der Waals surface area contributed by atoms with E-state index in [1.807, 2.05) is 12.1 Å². The molecule has 0 aliphatic carbocycles. The van der Waals surface area contributed by atoms with Gasteiger partial charge in [-0.15, -0.1) is 0 Å². The smallest absolute Gasteiger partial charge is 0.123 e. The molecule has 1 nitrogen and oxygen atoms in total. The average molecular weight is 349 g/mol. The molecule has 21 heavy (non-hydrogen) atoms. The summed E-state index contributed by atoms with van der Waals surface area (Å²) in [4.78, 5) is 0.219. The Labute approximate surface area is 133 Å². The lowest BCUT2D eigenvalue weighted by molar-refractivity contribution is 0.138. The monoisotopic (exact) mass is 348 g/mol. The summed E-state index contributed by atoms with van der Waals surface area (Å²) in [6, 6.07) is 13.1. The summed E-state index contributed by atoms with van der Waals surface area (Å²) >= 11 is 3.74. The van der Waals surface area contributed by atoms with Crippen molar-refractivity contribution in [1.29, 1.82) is 0 Å². The van der Waals surface area contributed by atoms with E-state index in [0.29, 0.717) is 0 Å². The molecule has 0 fully saturated rings. The van der Waals surface area contributed by atoms with Gasteiger partial charge in [0.1, 0.15) is 17.2 Å². The third-order valence-electron chi connectivity index (χ3n) is 3.78. The summed E-state index contributed by atoms with van der Waals surface area (Å²) in [6.45, 7) is 4.22. The molecule has 2 aromatic carbocycles. The van der Waals surface area contributed by atoms with Gasteiger partial charge in [0.05, 0.1) is 0 Å². The van der Waals surface area contributed by atoms with E-state index >= 15 is 0 Å². The zero-order valence-corrected chi connectivity index (χ0v) is 13.8. The highest BCUT2D eigenvalue weighted by Gasteiger charge is 2.30. The molecular formula is C18H18BrFO. The molecule has 3 heteroatoms. The van der Waals surface area contributed by atoms with Crippen LogP contribution in [0.3, 0.4) is 0 Å². The predicted octanol–water partition coefficient (Wildman–Crippen LogP) is 5.22. The van der Waals surface area contributed by atoms with Crippen LogP contribution in [0.5, 0.6) is 5.75 Å². The van der Waals surface area contributed by atoms with Gasteiger partial charge in [-0.1, -0.05) is 40.2 Å². The third-order valence-corrected chi connectivity index (χ3v) is 4.63. The molecule has 0 bridgehead atoms. The summed E-state index contributed by atoms with van der Waals surface area (Å²) in [5.41, 5.74) is 3.51. The Morgan fingerprint density at radius 3 is 2.62 bits per heavy atom. The van der Waals surface area contributed by atoms with E-state index in [1.165, 1.54) is 23.3 Å². The normalized spacial score (nSPS) is 17.1. The molecule has 1 atom stereocenters. The Morgan fingerprint density at radius 2 is 1.90 bits per heavy atom. The first kappa shape index (κ1) is 14.6. The standard InChI is InChI=1S/C18H18BrFO/c1-18(2)11-14-10-13(5-8-17(14)21-18)16(19)9-12-3-6-15(20)7-4-12/h3-8,10,16H,9,11H2,1-2H3. The second kappa shape index (κ2) is 5.45. The summed E-state index contributed by atoms with van der Waals surface area (Å²) in [5.74, 6) is 0.798. The van der Waals surface area contributed by atoms with Crippen molar-refractivity contribution in [3.05, 3.63) is 65.0 Å². The number of alkyl halides is 1. The number of rotatable bonds is 3. The van der Waals surface area contributed by atoms with E-state index in [2.05, 4.69) is 48.0 Å². The lowest BCUT2D eigenvalue weighted by Crippen LogP contribution is -2.24.